The molecule has 1 aliphatic heterocycles. The Balaban J connectivity index is 1.75. The highest BCUT2D eigenvalue weighted by Crippen LogP contribution is 2.39. The van der Waals surface area contributed by atoms with Gasteiger partial charge in [-0.25, -0.2) is 4.79 Å². The molecule has 124 valence electrons. The molecular formula is C17H23N3O2S. The van der Waals surface area contributed by atoms with Gasteiger partial charge < -0.3 is 15.1 Å². The Labute approximate surface area is 141 Å². The van der Waals surface area contributed by atoms with Gasteiger partial charge in [-0.2, -0.15) is 11.8 Å². The van der Waals surface area contributed by atoms with Crippen LogP contribution in [0.3, 0.4) is 0 Å². The number of fused-ring (bicyclic) bond motifs is 1. The molecular weight excluding hydrogens is 310 g/mol. The first kappa shape index (κ1) is 16.2. The number of urea groups is 1. The Bertz CT molecular complexity index is 632. The van der Waals surface area contributed by atoms with Crippen molar-refractivity contribution >= 4 is 29.4 Å². The lowest BCUT2D eigenvalue weighted by atomic mass is 9.90. The number of carbonyl (C=O) groups is 2. The van der Waals surface area contributed by atoms with Gasteiger partial charge in [0.1, 0.15) is 0 Å². The summed E-state index contributed by atoms with van der Waals surface area (Å²) in [6.07, 6.45) is 2.31. The predicted molar refractivity (Wildman–Crippen MR) is 94.2 cm³/mol. The van der Waals surface area contributed by atoms with E-state index in [2.05, 4.69) is 5.32 Å². The highest BCUT2D eigenvalue weighted by molar-refractivity contribution is 8.00. The van der Waals surface area contributed by atoms with Gasteiger partial charge >= 0.3 is 6.03 Å². The second-order valence-corrected chi connectivity index (χ2v) is 7.75. The van der Waals surface area contributed by atoms with Gasteiger partial charge in [0.2, 0.25) is 0 Å². The standard InChI is InChI=1S/C17H23N3O2S/c1-11-4-5-12(16(21)19(2)3)10-13(11)18-17(22)20-8-9-23-15-7-6-14(15)20/h4-5,10,14-15H,6-9H2,1-3H3,(H,18,22). The minimum atomic E-state index is -0.0612. The molecule has 2 unspecified atom stereocenters. The van der Waals surface area contributed by atoms with Crippen LogP contribution in [0, 0.1) is 6.92 Å². The highest BCUT2D eigenvalue weighted by Gasteiger charge is 2.41. The molecule has 2 fully saturated rings. The van der Waals surface area contributed by atoms with Crippen molar-refractivity contribution in [2.75, 3.05) is 31.7 Å². The largest absolute Gasteiger partial charge is 0.345 e. The second-order valence-electron chi connectivity index (χ2n) is 6.41. The molecule has 0 spiro atoms. The van der Waals surface area contributed by atoms with Crippen LogP contribution in [-0.4, -0.2) is 59.4 Å². The highest BCUT2D eigenvalue weighted by atomic mass is 32.2. The average Bonchev–Trinajstić information content (AvgIpc) is 2.49. The molecule has 1 saturated carbocycles. The number of hydrogen-bond donors (Lipinski definition) is 1. The van der Waals surface area contributed by atoms with Crippen LogP contribution in [0.5, 0.6) is 0 Å². The lowest BCUT2D eigenvalue weighted by molar-refractivity contribution is 0.0827. The first-order chi connectivity index (χ1) is 11.0. The third-order valence-electron chi connectivity index (χ3n) is 4.63. The van der Waals surface area contributed by atoms with Gasteiger partial charge in [0.15, 0.2) is 0 Å². The van der Waals surface area contributed by atoms with Crippen LogP contribution in [-0.2, 0) is 0 Å². The van der Waals surface area contributed by atoms with Crippen molar-refractivity contribution in [2.24, 2.45) is 0 Å². The first-order valence-corrected chi connectivity index (χ1v) is 9.04. The van der Waals surface area contributed by atoms with E-state index in [1.165, 1.54) is 11.3 Å². The van der Waals surface area contributed by atoms with Crippen LogP contribution in [0.4, 0.5) is 10.5 Å². The van der Waals surface area contributed by atoms with Gasteiger partial charge in [0.25, 0.3) is 5.91 Å². The number of aryl methyl sites for hydroxylation is 1. The van der Waals surface area contributed by atoms with Crippen molar-refractivity contribution in [1.29, 1.82) is 0 Å². The summed E-state index contributed by atoms with van der Waals surface area (Å²) in [7, 11) is 3.45. The molecule has 3 rings (SSSR count). The summed E-state index contributed by atoms with van der Waals surface area (Å²) in [6, 6.07) is 5.78. The van der Waals surface area contributed by atoms with Crippen LogP contribution in [0.2, 0.25) is 0 Å². The van der Waals surface area contributed by atoms with Crippen molar-refractivity contribution < 1.29 is 9.59 Å². The molecule has 1 heterocycles. The van der Waals surface area contributed by atoms with Gasteiger partial charge in [-0.1, -0.05) is 6.07 Å². The maximum Gasteiger partial charge on any atom is 0.322 e. The molecule has 1 aromatic carbocycles. The number of thioether (sulfide) groups is 1. The third kappa shape index (κ3) is 3.17. The minimum Gasteiger partial charge on any atom is -0.345 e. The monoisotopic (exact) mass is 333 g/mol. The average molecular weight is 333 g/mol. The zero-order chi connectivity index (χ0) is 16.6. The molecule has 2 atom stereocenters. The topological polar surface area (TPSA) is 52.7 Å². The van der Waals surface area contributed by atoms with E-state index in [1.54, 1.807) is 26.2 Å². The number of carbonyl (C=O) groups excluding carboxylic acids is 2. The van der Waals surface area contributed by atoms with E-state index in [4.69, 9.17) is 0 Å². The molecule has 0 radical (unpaired) electrons. The number of rotatable bonds is 2. The minimum absolute atomic E-state index is 0.0439. The Hall–Kier alpha value is -1.69. The van der Waals surface area contributed by atoms with Gasteiger partial charge in [0.05, 0.1) is 0 Å². The summed E-state index contributed by atoms with van der Waals surface area (Å²) in [5.41, 5.74) is 2.27. The van der Waals surface area contributed by atoms with Crippen molar-refractivity contribution in [1.82, 2.24) is 9.80 Å². The van der Waals surface area contributed by atoms with E-state index in [0.717, 1.165) is 30.0 Å². The van der Waals surface area contributed by atoms with E-state index in [-0.39, 0.29) is 11.9 Å². The molecule has 0 aromatic heterocycles. The lowest BCUT2D eigenvalue weighted by Crippen LogP contribution is -2.56. The van der Waals surface area contributed by atoms with Gasteiger partial charge in [0, 0.05) is 48.9 Å². The smallest absolute Gasteiger partial charge is 0.322 e. The Morgan fingerprint density at radius 3 is 2.74 bits per heavy atom. The molecule has 1 N–H and O–H groups in total. The third-order valence-corrected chi connectivity index (χ3v) is 6.03. The maximum atomic E-state index is 12.6. The number of hydrogen-bond acceptors (Lipinski definition) is 3. The molecule has 5 nitrogen and oxygen atoms in total. The fraction of sp³-hybridized carbons (Fsp3) is 0.529. The van der Waals surface area contributed by atoms with Crippen molar-refractivity contribution in [2.45, 2.75) is 31.1 Å². The number of amides is 3. The normalized spacial score (nSPS) is 22.8. The van der Waals surface area contributed by atoms with Crippen molar-refractivity contribution in [3.63, 3.8) is 0 Å². The molecule has 0 bridgehead atoms. The Morgan fingerprint density at radius 1 is 1.30 bits per heavy atom. The molecule has 1 aliphatic carbocycles. The van der Waals surface area contributed by atoms with Crippen LogP contribution in [0.25, 0.3) is 0 Å². The maximum absolute atomic E-state index is 12.6. The van der Waals surface area contributed by atoms with E-state index in [1.807, 2.05) is 29.7 Å². The van der Waals surface area contributed by atoms with Crippen molar-refractivity contribution in [3.05, 3.63) is 29.3 Å². The predicted octanol–water partition coefficient (Wildman–Crippen LogP) is 2.81. The quantitative estimate of drug-likeness (QED) is 0.905. The summed E-state index contributed by atoms with van der Waals surface area (Å²) in [5, 5.41) is 3.61. The molecule has 23 heavy (non-hydrogen) atoms. The SMILES string of the molecule is Cc1ccc(C(=O)N(C)C)cc1NC(=O)N1CCSC2CCC21. The van der Waals surface area contributed by atoms with E-state index in [9.17, 15) is 9.59 Å². The molecule has 1 aromatic rings. The van der Waals surface area contributed by atoms with E-state index < -0.39 is 0 Å². The van der Waals surface area contributed by atoms with E-state index in [0.29, 0.717) is 16.9 Å². The fourth-order valence-corrected chi connectivity index (χ4v) is 4.47. The summed E-state index contributed by atoms with van der Waals surface area (Å²) in [5.74, 6) is 0.945. The molecule has 6 heteroatoms. The summed E-state index contributed by atoms with van der Waals surface area (Å²) < 4.78 is 0. The number of anilines is 1. The van der Waals surface area contributed by atoms with Gasteiger partial charge in [-0.3, -0.25) is 4.79 Å². The van der Waals surface area contributed by atoms with Crippen LogP contribution < -0.4 is 5.32 Å². The zero-order valence-corrected chi connectivity index (χ0v) is 14.7. The Morgan fingerprint density at radius 2 is 2.09 bits per heavy atom. The number of benzene rings is 1. The number of nitrogens with zero attached hydrogens (tertiary/aromatic N) is 2. The Kier molecular flexibility index (Phi) is 4.53. The summed E-state index contributed by atoms with van der Waals surface area (Å²) in [4.78, 5) is 28.2. The molecule has 3 amide bonds. The van der Waals surface area contributed by atoms with E-state index >= 15 is 0 Å². The first-order valence-electron chi connectivity index (χ1n) is 7.99. The van der Waals surface area contributed by atoms with Gasteiger partial charge in [-0.05, 0) is 37.5 Å². The molecule has 1 saturated heterocycles. The number of nitrogens with one attached hydrogen (secondary N) is 1. The van der Waals surface area contributed by atoms with Gasteiger partial charge in [-0.15, -0.1) is 0 Å². The van der Waals surface area contributed by atoms with Crippen LogP contribution >= 0.6 is 11.8 Å². The second kappa shape index (κ2) is 6.43. The summed E-state index contributed by atoms with van der Waals surface area (Å²) >= 11 is 1.98. The summed E-state index contributed by atoms with van der Waals surface area (Å²) in [6.45, 7) is 2.74. The van der Waals surface area contributed by atoms with Crippen LogP contribution in [0.15, 0.2) is 18.2 Å². The van der Waals surface area contributed by atoms with Crippen LogP contribution in [0.1, 0.15) is 28.8 Å². The van der Waals surface area contributed by atoms with Crippen molar-refractivity contribution in [3.8, 4) is 0 Å². The molecule has 2 aliphatic rings. The lowest BCUT2D eigenvalue weighted by Gasteiger charge is -2.47. The fourth-order valence-electron chi connectivity index (χ4n) is 3.06. The zero-order valence-electron chi connectivity index (χ0n) is 13.8.